The molecule has 2 aromatic carbocycles. The molecule has 2 aromatic heterocycles. The first-order chi connectivity index (χ1) is 15.9. The molecule has 9 heteroatoms. The number of methoxy groups -OCH3 is 2. The summed E-state index contributed by atoms with van der Waals surface area (Å²) >= 11 is 0. The molecular formula is C24H23F3N4O2. The lowest BCUT2D eigenvalue weighted by Crippen LogP contribution is -2.33. The van der Waals surface area contributed by atoms with E-state index < -0.39 is 11.7 Å². The van der Waals surface area contributed by atoms with E-state index in [1.165, 1.54) is 12.1 Å². The Balaban J connectivity index is 1.43. The number of aromatic nitrogens is 3. The van der Waals surface area contributed by atoms with Crippen molar-refractivity contribution in [1.29, 1.82) is 0 Å². The van der Waals surface area contributed by atoms with Crippen LogP contribution >= 0.6 is 0 Å². The van der Waals surface area contributed by atoms with Gasteiger partial charge in [-0.05, 0) is 36.5 Å². The number of nitrogens with zero attached hydrogens (tertiary/aromatic N) is 3. The van der Waals surface area contributed by atoms with E-state index in [1.807, 2.05) is 12.1 Å². The van der Waals surface area contributed by atoms with Crippen LogP contribution in [0.5, 0.6) is 11.5 Å². The zero-order chi connectivity index (χ0) is 23.2. The molecule has 33 heavy (non-hydrogen) atoms. The van der Waals surface area contributed by atoms with E-state index in [-0.39, 0.29) is 5.92 Å². The molecule has 0 saturated carbocycles. The molecule has 6 nitrogen and oxygen atoms in total. The molecule has 0 aliphatic carbocycles. The minimum Gasteiger partial charge on any atom is -0.493 e. The van der Waals surface area contributed by atoms with E-state index in [2.05, 4.69) is 19.9 Å². The minimum atomic E-state index is -4.33. The molecule has 4 aromatic rings. The third kappa shape index (κ3) is 3.81. The van der Waals surface area contributed by atoms with E-state index in [9.17, 15) is 13.2 Å². The lowest BCUT2D eigenvalue weighted by atomic mass is 9.88. The molecule has 1 fully saturated rings. The summed E-state index contributed by atoms with van der Waals surface area (Å²) in [5, 5.41) is 0.908. The number of halogens is 3. The quantitative estimate of drug-likeness (QED) is 0.437. The van der Waals surface area contributed by atoms with Gasteiger partial charge in [-0.3, -0.25) is 0 Å². The average molecular weight is 456 g/mol. The number of aromatic amines is 1. The van der Waals surface area contributed by atoms with E-state index in [1.54, 1.807) is 26.6 Å². The number of fused-ring (bicyclic) bond motifs is 3. The standard InChI is InChI=1S/C24H23F3N4O2/c1-32-19-11-17-18(12-20(19)33-2)30-22-21(17)28-13-29-23(22)31-8-6-14(7-9-31)15-4-3-5-16(10-15)24(25,26)27/h3-5,10-14,30H,6-9H2,1-2H3. The van der Waals surface area contributed by atoms with Crippen molar-refractivity contribution in [2.24, 2.45) is 0 Å². The van der Waals surface area contributed by atoms with Crippen LogP contribution in [-0.4, -0.2) is 42.3 Å². The van der Waals surface area contributed by atoms with Crippen molar-refractivity contribution in [1.82, 2.24) is 15.0 Å². The first kappa shape index (κ1) is 21.4. The maximum atomic E-state index is 13.1. The van der Waals surface area contributed by atoms with Crippen LogP contribution in [-0.2, 0) is 6.18 Å². The van der Waals surface area contributed by atoms with Crippen LogP contribution in [0.2, 0.25) is 0 Å². The van der Waals surface area contributed by atoms with Crippen molar-refractivity contribution < 1.29 is 22.6 Å². The Hall–Kier alpha value is -3.49. The van der Waals surface area contributed by atoms with Crippen molar-refractivity contribution in [3.05, 3.63) is 53.9 Å². The molecule has 3 heterocycles. The lowest BCUT2D eigenvalue weighted by Gasteiger charge is -2.33. The van der Waals surface area contributed by atoms with Gasteiger partial charge in [-0.25, -0.2) is 9.97 Å². The summed E-state index contributed by atoms with van der Waals surface area (Å²) in [6, 6.07) is 9.45. The SMILES string of the molecule is COc1cc2[nH]c3c(N4CCC(c5cccc(C(F)(F)F)c5)CC4)ncnc3c2cc1OC. The van der Waals surface area contributed by atoms with Gasteiger partial charge < -0.3 is 19.4 Å². The van der Waals surface area contributed by atoms with Gasteiger partial charge in [-0.1, -0.05) is 18.2 Å². The van der Waals surface area contributed by atoms with Gasteiger partial charge in [0.15, 0.2) is 17.3 Å². The molecule has 0 spiro atoms. The molecule has 0 atom stereocenters. The van der Waals surface area contributed by atoms with Crippen molar-refractivity contribution >= 4 is 27.8 Å². The number of benzene rings is 2. The topological polar surface area (TPSA) is 63.3 Å². The van der Waals surface area contributed by atoms with Crippen molar-refractivity contribution in [2.45, 2.75) is 24.9 Å². The van der Waals surface area contributed by atoms with Gasteiger partial charge in [0.2, 0.25) is 0 Å². The van der Waals surface area contributed by atoms with E-state index in [0.29, 0.717) is 24.6 Å². The molecule has 1 N–H and O–H groups in total. The average Bonchev–Trinajstić information content (AvgIpc) is 3.20. The number of hydrogen-bond donors (Lipinski definition) is 1. The van der Waals surface area contributed by atoms with E-state index in [0.717, 1.165) is 52.2 Å². The van der Waals surface area contributed by atoms with E-state index in [4.69, 9.17) is 9.47 Å². The fraction of sp³-hybridized carbons (Fsp3) is 0.333. The second kappa shape index (κ2) is 8.13. The first-order valence-electron chi connectivity index (χ1n) is 10.7. The Bertz CT molecular complexity index is 1310. The normalized spacial score (nSPS) is 15.4. The van der Waals surface area contributed by atoms with Crippen LogP contribution in [0, 0.1) is 0 Å². The minimum absolute atomic E-state index is 0.0807. The molecular weight excluding hydrogens is 433 g/mol. The zero-order valence-corrected chi connectivity index (χ0v) is 18.2. The second-order valence-electron chi connectivity index (χ2n) is 8.18. The summed E-state index contributed by atoms with van der Waals surface area (Å²) in [5.41, 5.74) is 2.62. The Morgan fingerprint density at radius 1 is 1.00 bits per heavy atom. The van der Waals surface area contributed by atoms with Gasteiger partial charge in [-0.2, -0.15) is 13.2 Å². The maximum Gasteiger partial charge on any atom is 0.416 e. The van der Waals surface area contributed by atoms with Crippen LogP contribution in [0.1, 0.15) is 29.9 Å². The van der Waals surface area contributed by atoms with Gasteiger partial charge in [0.25, 0.3) is 0 Å². The predicted octanol–water partition coefficient (Wildman–Crippen LogP) is 5.53. The highest BCUT2D eigenvalue weighted by molar-refractivity contribution is 6.09. The van der Waals surface area contributed by atoms with E-state index >= 15 is 0 Å². The van der Waals surface area contributed by atoms with Crippen molar-refractivity contribution in [2.75, 3.05) is 32.2 Å². The van der Waals surface area contributed by atoms with Gasteiger partial charge in [0.1, 0.15) is 17.4 Å². The molecule has 1 aliphatic rings. The summed E-state index contributed by atoms with van der Waals surface area (Å²) in [6.45, 7) is 1.38. The molecule has 0 radical (unpaired) electrons. The smallest absolute Gasteiger partial charge is 0.416 e. The zero-order valence-electron chi connectivity index (χ0n) is 18.2. The Morgan fingerprint density at radius 2 is 1.73 bits per heavy atom. The summed E-state index contributed by atoms with van der Waals surface area (Å²) in [5.74, 6) is 2.11. The molecule has 5 rings (SSSR count). The largest absolute Gasteiger partial charge is 0.493 e. The third-order valence-corrected chi connectivity index (χ3v) is 6.35. The van der Waals surface area contributed by atoms with Crippen LogP contribution in [0.3, 0.4) is 0 Å². The number of hydrogen-bond acceptors (Lipinski definition) is 5. The third-order valence-electron chi connectivity index (χ3n) is 6.35. The van der Waals surface area contributed by atoms with Gasteiger partial charge in [-0.15, -0.1) is 0 Å². The highest BCUT2D eigenvalue weighted by Crippen LogP contribution is 2.39. The summed E-state index contributed by atoms with van der Waals surface area (Å²) < 4.78 is 50.2. The monoisotopic (exact) mass is 456 g/mol. The number of H-pyrrole nitrogens is 1. The van der Waals surface area contributed by atoms with Crippen molar-refractivity contribution in [3.8, 4) is 11.5 Å². The number of rotatable bonds is 4. The fourth-order valence-electron chi connectivity index (χ4n) is 4.64. The number of nitrogens with one attached hydrogen (secondary N) is 1. The Labute approximate surface area is 188 Å². The van der Waals surface area contributed by atoms with Crippen LogP contribution in [0.4, 0.5) is 19.0 Å². The van der Waals surface area contributed by atoms with Gasteiger partial charge in [0.05, 0.1) is 25.3 Å². The van der Waals surface area contributed by atoms with Crippen molar-refractivity contribution in [3.63, 3.8) is 0 Å². The maximum absolute atomic E-state index is 13.1. The Morgan fingerprint density at radius 3 is 2.42 bits per heavy atom. The number of anilines is 1. The molecule has 0 unspecified atom stereocenters. The highest BCUT2D eigenvalue weighted by Gasteiger charge is 2.31. The fourth-order valence-corrected chi connectivity index (χ4v) is 4.64. The number of piperidine rings is 1. The second-order valence-corrected chi connectivity index (χ2v) is 8.18. The van der Waals surface area contributed by atoms with Gasteiger partial charge >= 0.3 is 6.18 Å². The van der Waals surface area contributed by atoms with Gasteiger partial charge in [0, 0.05) is 24.5 Å². The molecule has 0 bridgehead atoms. The number of ether oxygens (including phenoxy) is 2. The summed E-state index contributed by atoms with van der Waals surface area (Å²) in [6.07, 6.45) is -1.30. The molecule has 172 valence electrons. The molecule has 0 amide bonds. The first-order valence-corrected chi connectivity index (χ1v) is 10.7. The summed E-state index contributed by atoms with van der Waals surface area (Å²) in [4.78, 5) is 14.6. The van der Waals surface area contributed by atoms with Crippen LogP contribution in [0.15, 0.2) is 42.7 Å². The number of alkyl halides is 3. The predicted molar refractivity (Wildman–Crippen MR) is 120 cm³/mol. The highest BCUT2D eigenvalue weighted by atomic mass is 19.4. The lowest BCUT2D eigenvalue weighted by molar-refractivity contribution is -0.137. The molecule has 1 aliphatic heterocycles. The van der Waals surface area contributed by atoms with Crippen LogP contribution in [0.25, 0.3) is 21.9 Å². The molecule has 1 saturated heterocycles. The Kier molecular flexibility index (Phi) is 5.26. The summed E-state index contributed by atoms with van der Waals surface area (Å²) in [7, 11) is 3.18. The van der Waals surface area contributed by atoms with Crippen LogP contribution < -0.4 is 14.4 Å².